The Hall–Kier alpha value is -3.59. The number of hydrazone groups is 1. The van der Waals surface area contributed by atoms with Crippen molar-refractivity contribution in [3.05, 3.63) is 53.6 Å². The first-order valence-corrected chi connectivity index (χ1v) is 10.9. The minimum absolute atomic E-state index is 0.0954. The quantitative estimate of drug-likeness (QED) is 0.532. The van der Waals surface area contributed by atoms with Crippen LogP contribution >= 0.6 is 0 Å². The Labute approximate surface area is 199 Å². The highest BCUT2D eigenvalue weighted by Gasteiger charge is 2.35. The van der Waals surface area contributed by atoms with E-state index in [2.05, 4.69) is 0 Å². The van der Waals surface area contributed by atoms with Crippen LogP contribution in [0.4, 0.5) is 0 Å². The second kappa shape index (κ2) is 11.5. The number of amides is 2. The molecular weight excluding hydrogens is 438 g/mol. The fourth-order valence-corrected chi connectivity index (χ4v) is 3.81. The van der Waals surface area contributed by atoms with Crippen LogP contribution < -0.4 is 14.2 Å². The van der Waals surface area contributed by atoms with Crippen molar-refractivity contribution in [3.8, 4) is 17.2 Å². The molecule has 34 heavy (non-hydrogen) atoms. The molecule has 0 saturated carbocycles. The summed E-state index contributed by atoms with van der Waals surface area (Å²) in [6.07, 6.45) is 0.485. The van der Waals surface area contributed by atoms with Crippen LogP contribution in [0.3, 0.4) is 0 Å². The lowest BCUT2D eigenvalue weighted by atomic mass is 9.97. The fourth-order valence-electron chi connectivity index (χ4n) is 3.81. The van der Waals surface area contributed by atoms with Crippen molar-refractivity contribution in [2.75, 3.05) is 48.1 Å². The molecule has 1 atom stereocenters. The third-order valence-electron chi connectivity index (χ3n) is 5.72. The van der Waals surface area contributed by atoms with Crippen molar-refractivity contribution in [1.82, 2.24) is 9.91 Å². The molecule has 1 aliphatic rings. The maximum Gasteiger partial charge on any atom is 0.262 e. The summed E-state index contributed by atoms with van der Waals surface area (Å²) in [5.74, 6) is 1.50. The molecule has 0 aliphatic carbocycles. The molecule has 1 heterocycles. The number of rotatable bonds is 10. The third-order valence-corrected chi connectivity index (χ3v) is 5.72. The van der Waals surface area contributed by atoms with Crippen LogP contribution in [-0.4, -0.2) is 75.6 Å². The maximum atomic E-state index is 13.4. The Balaban J connectivity index is 1.95. The summed E-state index contributed by atoms with van der Waals surface area (Å²) in [5, 5.41) is 6.16. The molecule has 9 heteroatoms. The van der Waals surface area contributed by atoms with Gasteiger partial charge in [-0.3, -0.25) is 9.59 Å². The van der Waals surface area contributed by atoms with Gasteiger partial charge >= 0.3 is 0 Å². The zero-order valence-electron chi connectivity index (χ0n) is 20.2. The van der Waals surface area contributed by atoms with Crippen molar-refractivity contribution < 1.29 is 28.5 Å². The number of benzene rings is 2. The van der Waals surface area contributed by atoms with Crippen molar-refractivity contribution in [2.24, 2.45) is 5.10 Å². The highest BCUT2D eigenvalue weighted by molar-refractivity contribution is 6.05. The summed E-state index contributed by atoms with van der Waals surface area (Å²) in [6, 6.07) is 12.7. The second-order valence-electron chi connectivity index (χ2n) is 7.78. The molecule has 0 spiro atoms. The molecule has 3 rings (SSSR count). The minimum Gasteiger partial charge on any atom is -0.497 e. The van der Waals surface area contributed by atoms with Gasteiger partial charge in [0, 0.05) is 38.6 Å². The average Bonchev–Trinajstić information content (AvgIpc) is 3.31. The fraction of sp³-hybridized carbons (Fsp3) is 0.400. The Kier molecular flexibility index (Phi) is 8.48. The molecule has 0 unspecified atom stereocenters. The number of ether oxygens (including phenoxy) is 4. The van der Waals surface area contributed by atoms with E-state index in [1.807, 2.05) is 36.4 Å². The van der Waals surface area contributed by atoms with Gasteiger partial charge in [-0.05, 0) is 29.8 Å². The van der Waals surface area contributed by atoms with Crippen LogP contribution in [0.25, 0.3) is 0 Å². The largest absolute Gasteiger partial charge is 0.497 e. The SMILES string of the molecule is COCCN(CC(=O)N1N=C(c2ccc(OC)cc2OC)C[C@@H]1c1ccc(OC)cc1)C(C)=O. The van der Waals surface area contributed by atoms with E-state index < -0.39 is 0 Å². The van der Waals surface area contributed by atoms with Gasteiger partial charge in [-0.1, -0.05) is 12.1 Å². The summed E-state index contributed by atoms with van der Waals surface area (Å²) in [6.45, 7) is 2.00. The number of carbonyl (C=O) groups is 2. The summed E-state index contributed by atoms with van der Waals surface area (Å²) in [5.41, 5.74) is 2.39. The Morgan fingerprint density at radius 1 is 1.00 bits per heavy atom. The lowest BCUT2D eigenvalue weighted by molar-refractivity contribution is -0.141. The lowest BCUT2D eigenvalue weighted by Crippen LogP contribution is -2.41. The minimum atomic E-state index is -0.337. The molecule has 0 N–H and O–H groups in total. The first-order valence-electron chi connectivity index (χ1n) is 10.9. The standard InChI is InChI=1S/C25H31N3O6/c1-17(29)27(12-13-31-2)16-25(30)28-23(18-6-8-19(32-3)9-7-18)15-22(26-28)21-11-10-20(33-4)14-24(21)34-5/h6-11,14,23H,12-13,15-16H2,1-5H3/t23-/m1/s1. The van der Waals surface area contributed by atoms with E-state index in [1.165, 1.54) is 16.8 Å². The van der Waals surface area contributed by atoms with Gasteiger partial charge in [0.15, 0.2) is 0 Å². The van der Waals surface area contributed by atoms with E-state index in [1.54, 1.807) is 34.5 Å². The molecule has 9 nitrogen and oxygen atoms in total. The predicted molar refractivity (Wildman–Crippen MR) is 127 cm³/mol. The van der Waals surface area contributed by atoms with E-state index in [0.717, 1.165) is 16.9 Å². The highest BCUT2D eigenvalue weighted by atomic mass is 16.5. The lowest BCUT2D eigenvalue weighted by Gasteiger charge is -2.26. The molecule has 2 amide bonds. The number of hydrogen-bond donors (Lipinski definition) is 0. The first kappa shape index (κ1) is 25.0. The highest BCUT2D eigenvalue weighted by Crippen LogP contribution is 2.36. The molecule has 0 fully saturated rings. The van der Waals surface area contributed by atoms with Gasteiger partial charge in [0.25, 0.3) is 5.91 Å². The molecule has 182 valence electrons. The average molecular weight is 470 g/mol. The van der Waals surface area contributed by atoms with Gasteiger partial charge in [0.1, 0.15) is 23.8 Å². The van der Waals surface area contributed by atoms with Crippen molar-refractivity contribution in [2.45, 2.75) is 19.4 Å². The Morgan fingerprint density at radius 2 is 1.68 bits per heavy atom. The van der Waals surface area contributed by atoms with Crippen LogP contribution in [0.15, 0.2) is 47.6 Å². The van der Waals surface area contributed by atoms with Crippen LogP contribution in [-0.2, 0) is 14.3 Å². The van der Waals surface area contributed by atoms with Gasteiger partial charge in [0.2, 0.25) is 5.91 Å². The van der Waals surface area contributed by atoms with Gasteiger partial charge in [-0.15, -0.1) is 0 Å². The number of nitrogens with zero attached hydrogens (tertiary/aromatic N) is 3. The predicted octanol–water partition coefficient (Wildman–Crippen LogP) is 2.89. The van der Waals surface area contributed by atoms with Gasteiger partial charge < -0.3 is 23.8 Å². The van der Waals surface area contributed by atoms with Gasteiger partial charge in [0.05, 0.1) is 39.7 Å². The van der Waals surface area contributed by atoms with E-state index in [-0.39, 0.29) is 24.4 Å². The van der Waals surface area contributed by atoms with Crippen molar-refractivity contribution >= 4 is 17.5 Å². The number of hydrogen-bond acceptors (Lipinski definition) is 7. The third kappa shape index (κ3) is 5.66. The van der Waals surface area contributed by atoms with E-state index in [0.29, 0.717) is 36.8 Å². The molecule has 1 aliphatic heterocycles. The smallest absolute Gasteiger partial charge is 0.262 e. The molecule has 0 aromatic heterocycles. The zero-order valence-corrected chi connectivity index (χ0v) is 20.2. The monoisotopic (exact) mass is 469 g/mol. The number of methoxy groups -OCH3 is 4. The van der Waals surface area contributed by atoms with Crippen molar-refractivity contribution in [1.29, 1.82) is 0 Å². The van der Waals surface area contributed by atoms with Crippen LogP contribution in [0.1, 0.15) is 30.5 Å². The van der Waals surface area contributed by atoms with Crippen LogP contribution in [0.5, 0.6) is 17.2 Å². The van der Waals surface area contributed by atoms with E-state index in [4.69, 9.17) is 24.0 Å². The maximum absolute atomic E-state index is 13.4. The Bertz CT molecular complexity index is 1040. The molecule has 0 radical (unpaired) electrons. The van der Waals surface area contributed by atoms with E-state index >= 15 is 0 Å². The molecular formula is C25H31N3O6. The van der Waals surface area contributed by atoms with Crippen molar-refractivity contribution in [3.63, 3.8) is 0 Å². The van der Waals surface area contributed by atoms with Gasteiger partial charge in [-0.25, -0.2) is 5.01 Å². The molecule has 2 aromatic carbocycles. The topological polar surface area (TPSA) is 89.9 Å². The van der Waals surface area contributed by atoms with Gasteiger partial charge in [-0.2, -0.15) is 5.10 Å². The Morgan fingerprint density at radius 3 is 2.26 bits per heavy atom. The number of carbonyl (C=O) groups excluding carboxylic acids is 2. The van der Waals surface area contributed by atoms with Crippen LogP contribution in [0, 0.1) is 0 Å². The molecule has 2 aromatic rings. The summed E-state index contributed by atoms with van der Waals surface area (Å²) in [7, 11) is 6.33. The summed E-state index contributed by atoms with van der Waals surface area (Å²) in [4.78, 5) is 26.9. The van der Waals surface area contributed by atoms with Crippen LogP contribution in [0.2, 0.25) is 0 Å². The zero-order chi connectivity index (χ0) is 24.7. The van der Waals surface area contributed by atoms with E-state index in [9.17, 15) is 9.59 Å². The molecule has 0 saturated heterocycles. The normalized spacial score (nSPS) is 15.0. The molecule has 0 bridgehead atoms. The first-order chi connectivity index (χ1) is 16.4. The summed E-state index contributed by atoms with van der Waals surface area (Å²) >= 11 is 0. The summed E-state index contributed by atoms with van der Waals surface area (Å²) < 4.78 is 21.2. The second-order valence-corrected chi connectivity index (χ2v) is 7.78.